The number of hydrogen-bond acceptors (Lipinski definition) is 4. The molecule has 24 heavy (non-hydrogen) atoms. The van der Waals surface area contributed by atoms with E-state index in [1.165, 1.54) is 36.7 Å². The second-order valence-corrected chi connectivity index (χ2v) is 7.46. The van der Waals surface area contributed by atoms with Gasteiger partial charge in [0.05, 0.1) is 24.9 Å². The molecule has 130 valence electrons. The summed E-state index contributed by atoms with van der Waals surface area (Å²) in [5.41, 5.74) is 0.386. The fourth-order valence-corrected chi connectivity index (χ4v) is 4.48. The second kappa shape index (κ2) is 7.51. The van der Waals surface area contributed by atoms with Crippen molar-refractivity contribution >= 4 is 38.9 Å². The summed E-state index contributed by atoms with van der Waals surface area (Å²) in [5, 5.41) is 0.390. The topological polar surface area (TPSA) is 55.8 Å². The van der Waals surface area contributed by atoms with Gasteiger partial charge in [-0.05, 0) is 37.3 Å². The third kappa shape index (κ3) is 3.55. The zero-order valence-corrected chi connectivity index (χ0v) is 15.7. The molecule has 0 spiro atoms. The lowest BCUT2D eigenvalue weighted by atomic mass is 10.2. The van der Waals surface area contributed by atoms with Crippen LogP contribution < -0.4 is 13.8 Å². The van der Waals surface area contributed by atoms with E-state index in [0.29, 0.717) is 17.2 Å². The minimum absolute atomic E-state index is 0.0589. The number of halogens is 2. The quantitative estimate of drug-likeness (QED) is 0.741. The molecule has 8 heteroatoms. The van der Waals surface area contributed by atoms with E-state index in [9.17, 15) is 8.42 Å². The van der Waals surface area contributed by atoms with Gasteiger partial charge < -0.3 is 9.47 Å². The van der Waals surface area contributed by atoms with Gasteiger partial charge in [0.15, 0.2) is 0 Å². The zero-order chi connectivity index (χ0) is 17.9. The Kier molecular flexibility index (Phi) is 5.85. The Morgan fingerprint density at radius 1 is 1.04 bits per heavy atom. The maximum absolute atomic E-state index is 13.1. The van der Waals surface area contributed by atoms with E-state index in [1.807, 2.05) is 0 Å². The molecule has 0 N–H and O–H groups in total. The maximum Gasteiger partial charge on any atom is 0.265 e. The standard InChI is InChI=1S/C16H17Cl2NO4S/c1-4-19(14-8-6-12(22-2)10-15(14)23-3)24(20,21)16-9-11(17)5-7-13(16)18/h5-10H,4H2,1-3H3. The molecule has 0 aliphatic carbocycles. The van der Waals surface area contributed by atoms with Crippen molar-refractivity contribution in [3.8, 4) is 11.5 Å². The van der Waals surface area contributed by atoms with Crippen LogP contribution in [0.25, 0.3) is 0 Å². The van der Waals surface area contributed by atoms with Crippen LogP contribution in [-0.4, -0.2) is 29.2 Å². The highest BCUT2D eigenvalue weighted by Gasteiger charge is 2.28. The Labute approximate surface area is 151 Å². The summed E-state index contributed by atoms with van der Waals surface area (Å²) in [6.45, 7) is 1.91. The Hall–Kier alpha value is -1.63. The first-order valence-electron chi connectivity index (χ1n) is 7.05. The highest BCUT2D eigenvalue weighted by Crippen LogP contribution is 2.37. The number of ether oxygens (including phenoxy) is 2. The van der Waals surface area contributed by atoms with Crippen molar-refractivity contribution in [2.45, 2.75) is 11.8 Å². The van der Waals surface area contributed by atoms with Crippen LogP contribution in [0.3, 0.4) is 0 Å². The third-order valence-corrected chi connectivity index (χ3v) is 6.01. The molecule has 5 nitrogen and oxygen atoms in total. The predicted molar refractivity (Wildman–Crippen MR) is 96.2 cm³/mol. The first-order chi connectivity index (χ1) is 11.3. The molecule has 0 unspecified atom stereocenters. The molecular formula is C16H17Cl2NO4S. The third-order valence-electron chi connectivity index (χ3n) is 3.40. The van der Waals surface area contributed by atoms with Crippen molar-refractivity contribution in [3.05, 3.63) is 46.4 Å². The number of rotatable bonds is 6. The number of sulfonamides is 1. The number of benzene rings is 2. The van der Waals surface area contributed by atoms with Gasteiger partial charge >= 0.3 is 0 Å². The highest BCUT2D eigenvalue weighted by molar-refractivity contribution is 7.93. The van der Waals surface area contributed by atoms with Crippen molar-refractivity contribution in [2.24, 2.45) is 0 Å². The fraction of sp³-hybridized carbons (Fsp3) is 0.250. The van der Waals surface area contributed by atoms with E-state index >= 15 is 0 Å². The van der Waals surface area contributed by atoms with Crippen LogP contribution in [0.15, 0.2) is 41.3 Å². The van der Waals surface area contributed by atoms with Crippen molar-refractivity contribution in [1.29, 1.82) is 0 Å². The van der Waals surface area contributed by atoms with Crippen molar-refractivity contribution in [3.63, 3.8) is 0 Å². The highest BCUT2D eigenvalue weighted by atomic mass is 35.5. The average Bonchev–Trinajstić information content (AvgIpc) is 2.57. The van der Waals surface area contributed by atoms with Gasteiger partial charge in [-0.3, -0.25) is 4.31 Å². The lowest BCUT2D eigenvalue weighted by Crippen LogP contribution is -2.31. The SMILES string of the molecule is CCN(c1ccc(OC)cc1OC)S(=O)(=O)c1cc(Cl)ccc1Cl. The van der Waals surface area contributed by atoms with Crippen LogP contribution in [0, 0.1) is 0 Å². The lowest BCUT2D eigenvalue weighted by Gasteiger charge is -2.25. The first-order valence-corrected chi connectivity index (χ1v) is 9.24. The van der Waals surface area contributed by atoms with Gasteiger partial charge in [-0.1, -0.05) is 23.2 Å². The van der Waals surface area contributed by atoms with Crippen LogP contribution in [0.4, 0.5) is 5.69 Å². The molecule has 0 radical (unpaired) electrons. The van der Waals surface area contributed by atoms with Gasteiger partial charge in [0.2, 0.25) is 0 Å². The molecule has 0 aromatic heterocycles. The summed E-state index contributed by atoms with van der Waals surface area (Å²) in [5.74, 6) is 0.933. The normalized spacial score (nSPS) is 11.2. The second-order valence-electron chi connectivity index (χ2n) is 4.78. The minimum atomic E-state index is -3.91. The molecule has 0 amide bonds. The molecule has 0 heterocycles. The summed E-state index contributed by atoms with van der Waals surface area (Å²) in [4.78, 5) is -0.0589. The van der Waals surface area contributed by atoms with Crippen LogP contribution in [-0.2, 0) is 10.0 Å². The Bertz CT molecular complexity index is 840. The number of hydrogen-bond donors (Lipinski definition) is 0. The summed E-state index contributed by atoms with van der Waals surface area (Å²) >= 11 is 12.0. The zero-order valence-electron chi connectivity index (χ0n) is 13.4. The van der Waals surface area contributed by atoms with E-state index in [-0.39, 0.29) is 21.5 Å². The van der Waals surface area contributed by atoms with Gasteiger partial charge in [0.25, 0.3) is 10.0 Å². The van der Waals surface area contributed by atoms with Gasteiger partial charge in [0.1, 0.15) is 16.4 Å². The van der Waals surface area contributed by atoms with E-state index in [1.54, 1.807) is 25.1 Å². The van der Waals surface area contributed by atoms with Gasteiger partial charge in [-0.2, -0.15) is 0 Å². The summed E-state index contributed by atoms with van der Waals surface area (Å²) in [7, 11) is -0.928. The molecular weight excluding hydrogens is 373 g/mol. The van der Waals surface area contributed by atoms with E-state index < -0.39 is 10.0 Å². The molecule has 0 saturated heterocycles. The van der Waals surface area contributed by atoms with Gasteiger partial charge in [-0.25, -0.2) is 8.42 Å². The van der Waals surface area contributed by atoms with Crippen LogP contribution >= 0.6 is 23.2 Å². The lowest BCUT2D eigenvalue weighted by molar-refractivity contribution is 0.395. The van der Waals surface area contributed by atoms with E-state index in [0.717, 1.165) is 0 Å². The maximum atomic E-state index is 13.1. The van der Waals surface area contributed by atoms with Crippen LogP contribution in [0.1, 0.15) is 6.92 Å². The molecule has 0 aliphatic rings. The molecule has 0 fully saturated rings. The number of anilines is 1. The average molecular weight is 390 g/mol. The van der Waals surface area contributed by atoms with Gasteiger partial charge in [0, 0.05) is 17.6 Å². The molecule has 0 aliphatic heterocycles. The van der Waals surface area contributed by atoms with E-state index in [4.69, 9.17) is 32.7 Å². The Balaban J connectivity index is 2.61. The largest absolute Gasteiger partial charge is 0.497 e. The van der Waals surface area contributed by atoms with Crippen molar-refractivity contribution in [1.82, 2.24) is 0 Å². The smallest absolute Gasteiger partial charge is 0.265 e. The Morgan fingerprint density at radius 2 is 1.75 bits per heavy atom. The summed E-state index contributed by atoms with van der Waals surface area (Å²) in [6.07, 6.45) is 0. The molecule has 0 bridgehead atoms. The molecule has 2 aromatic rings. The monoisotopic (exact) mass is 389 g/mol. The predicted octanol–water partition coefficient (Wildman–Crippen LogP) is 4.23. The minimum Gasteiger partial charge on any atom is -0.497 e. The molecule has 2 rings (SSSR count). The van der Waals surface area contributed by atoms with Crippen molar-refractivity contribution < 1.29 is 17.9 Å². The summed E-state index contributed by atoms with van der Waals surface area (Å²) < 4.78 is 37.8. The first kappa shape index (κ1) is 18.7. The number of nitrogens with zero attached hydrogens (tertiary/aromatic N) is 1. The van der Waals surface area contributed by atoms with Crippen LogP contribution in [0.5, 0.6) is 11.5 Å². The fourth-order valence-electron chi connectivity index (χ4n) is 2.25. The number of methoxy groups -OCH3 is 2. The molecule has 0 atom stereocenters. The Morgan fingerprint density at radius 3 is 2.33 bits per heavy atom. The molecule has 0 saturated carbocycles. The van der Waals surface area contributed by atoms with E-state index in [2.05, 4.69) is 0 Å². The van der Waals surface area contributed by atoms with Crippen LogP contribution in [0.2, 0.25) is 10.0 Å². The summed E-state index contributed by atoms with van der Waals surface area (Å²) in [6, 6.07) is 9.22. The van der Waals surface area contributed by atoms with Gasteiger partial charge in [-0.15, -0.1) is 0 Å². The molecule has 2 aromatic carbocycles. The van der Waals surface area contributed by atoms with Crippen molar-refractivity contribution in [2.75, 3.05) is 25.1 Å².